The minimum Gasteiger partial charge on any atom is -0.454 e. The third-order valence-electron chi connectivity index (χ3n) is 4.70. The molecule has 3 aromatic rings. The Labute approximate surface area is 193 Å². The number of nitrogens with zero attached hydrogens (tertiary/aromatic N) is 2. The van der Waals surface area contributed by atoms with Crippen molar-refractivity contribution < 1.29 is 24.0 Å². The Balaban J connectivity index is 1.55. The van der Waals surface area contributed by atoms with E-state index in [-0.39, 0.29) is 18.2 Å². The molecule has 1 heterocycles. The van der Waals surface area contributed by atoms with Crippen molar-refractivity contribution in [2.24, 2.45) is 5.10 Å². The number of nitrogens with one attached hydrogen (secondary N) is 2. The van der Waals surface area contributed by atoms with E-state index in [1.807, 2.05) is 0 Å². The van der Waals surface area contributed by atoms with Gasteiger partial charge in [0.05, 0.1) is 11.1 Å². The van der Waals surface area contributed by atoms with Crippen LogP contribution >= 0.6 is 0 Å². The van der Waals surface area contributed by atoms with Crippen molar-refractivity contribution in [2.45, 2.75) is 0 Å². The number of ether oxygens (including phenoxy) is 2. The summed E-state index contributed by atoms with van der Waals surface area (Å²) in [6.07, 6.45) is 2.74. The van der Waals surface area contributed by atoms with Crippen molar-refractivity contribution in [3.05, 3.63) is 105 Å². The normalized spacial score (nSPS) is 12.4. The second kappa shape index (κ2) is 10.1. The summed E-state index contributed by atoms with van der Waals surface area (Å²) >= 11 is 0. The van der Waals surface area contributed by atoms with Crippen molar-refractivity contribution in [1.82, 2.24) is 10.7 Å². The number of amides is 2. The van der Waals surface area contributed by atoms with Crippen LogP contribution in [0.1, 0.15) is 21.5 Å². The zero-order valence-corrected chi connectivity index (χ0v) is 17.6. The summed E-state index contributed by atoms with van der Waals surface area (Å²) in [7, 11) is 0. The Hall–Kier alpha value is -4.99. The van der Waals surface area contributed by atoms with E-state index in [0.29, 0.717) is 28.2 Å². The average molecular weight is 458 g/mol. The molecule has 170 valence electrons. The van der Waals surface area contributed by atoms with Gasteiger partial charge < -0.3 is 14.8 Å². The number of nitro groups is 1. The number of hydrogen-bond donors (Lipinski definition) is 2. The van der Waals surface area contributed by atoms with E-state index in [9.17, 15) is 19.7 Å². The Bertz CT molecular complexity index is 1300. The smallest absolute Gasteiger partial charge is 0.287 e. The minimum atomic E-state index is -0.691. The SMILES string of the molecule is O=C(N/N=C\c1cccc([N+](=O)[O-])c1)/C(=C/c1ccc2c(c1)OCO2)NC(=O)c1ccccc1. The number of fused-ring (bicyclic) bond motifs is 1. The maximum atomic E-state index is 12.8. The molecule has 0 atom stereocenters. The Kier molecular flexibility index (Phi) is 6.59. The summed E-state index contributed by atoms with van der Waals surface area (Å²) in [5.74, 6) is -0.0707. The number of carbonyl (C=O) groups excluding carboxylic acids is 2. The predicted molar refractivity (Wildman–Crippen MR) is 123 cm³/mol. The molecule has 3 aromatic carbocycles. The molecular formula is C24H18N4O6. The van der Waals surface area contributed by atoms with E-state index in [1.54, 1.807) is 54.6 Å². The first-order chi connectivity index (χ1) is 16.5. The summed E-state index contributed by atoms with van der Waals surface area (Å²) in [6, 6.07) is 19.3. The lowest BCUT2D eigenvalue weighted by Gasteiger charge is -2.09. The topological polar surface area (TPSA) is 132 Å². The molecule has 10 nitrogen and oxygen atoms in total. The van der Waals surface area contributed by atoms with Crippen LogP contribution in [0.15, 0.2) is 83.6 Å². The van der Waals surface area contributed by atoms with Crippen molar-refractivity contribution in [2.75, 3.05) is 6.79 Å². The summed E-state index contributed by atoms with van der Waals surface area (Å²) < 4.78 is 10.7. The van der Waals surface area contributed by atoms with Gasteiger partial charge in [0, 0.05) is 23.3 Å². The van der Waals surface area contributed by atoms with Crippen LogP contribution in [0.2, 0.25) is 0 Å². The molecule has 0 aromatic heterocycles. The van der Waals surface area contributed by atoms with Gasteiger partial charge in [0.1, 0.15) is 5.70 Å². The predicted octanol–water partition coefficient (Wildman–Crippen LogP) is 3.24. The molecule has 34 heavy (non-hydrogen) atoms. The van der Waals surface area contributed by atoms with Gasteiger partial charge in [-0.05, 0) is 35.9 Å². The van der Waals surface area contributed by atoms with Crippen LogP contribution in [0.3, 0.4) is 0 Å². The highest BCUT2D eigenvalue weighted by Gasteiger charge is 2.17. The van der Waals surface area contributed by atoms with Gasteiger partial charge in [0.2, 0.25) is 6.79 Å². The maximum absolute atomic E-state index is 12.8. The fourth-order valence-corrected chi connectivity index (χ4v) is 3.06. The highest BCUT2D eigenvalue weighted by molar-refractivity contribution is 6.05. The van der Waals surface area contributed by atoms with Crippen LogP contribution in [0, 0.1) is 10.1 Å². The van der Waals surface area contributed by atoms with Crippen molar-refractivity contribution >= 4 is 29.8 Å². The molecule has 0 saturated carbocycles. The first-order valence-electron chi connectivity index (χ1n) is 10.1. The van der Waals surface area contributed by atoms with E-state index in [2.05, 4.69) is 15.8 Å². The molecule has 2 N–H and O–H groups in total. The molecule has 0 fully saturated rings. The summed E-state index contributed by atoms with van der Waals surface area (Å²) in [5.41, 5.74) is 3.54. The number of hydrazone groups is 1. The Morgan fingerprint density at radius 2 is 1.74 bits per heavy atom. The van der Waals surface area contributed by atoms with Crippen LogP contribution in [0.25, 0.3) is 6.08 Å². The number of benzene rings is 3. The lowest BCUT2D eigenvalue weighted by molar-refractivity contribution is -0.384. The summed E-state index contributed by atoms with van der Waals surface area (Å²) in [5, 5.41) is 17.4. The molecule has 0 unspecified atom stereocenters. The van der Waals surface area contributed by atoms with Crippen LogP contribution in [0.4, 0.5) is 5.69 Å². The van der Waals surface area contributed by atoms with E-state index >= 15 is 0 Å². The maximum Gasteiger partial charge on any atom is 0.287 e. The molecule has 0 radical (unpaired) electrons. The Morgan fingerprint density at radius 3 is 2.53 bits per heavy atom. The van der Waals surface area contributed by atoms with Gasteiger partial charge in [0.25, 0.3) is 17.5 Å². The summed E-state index contributed by atoms with van der Waals surface area (Å²) in [4.78, 5) is 35.9. The highest BCUT2D eigenvalue weighted by Crippen LogP contribution is 2.33. The number of hydrogen-bond acceptors (Lipinski definition) is 7. The van der Waals surface area contributed by atoms with Crippen LogP contribution in [-0.4, -0.2) is 29.7 Å². The van der Waals surface area contributed by atoms with Gasteiger partial charge in [-0.3, -0.25) is 19.7 Å². The standard InChI is InChI=1S/C24H18N4O6/c29-23(18-6-2-1-3-7-18)26-20(12-16-9-10-21-22(13-16)34-15-33-21)24(30)27-25-14-17-5-4-8-19(11-17)28(31)32/h1-14H,15H2,(H,26,29)(H,27,30)/b20-12-,25-14-. The van der Waals surface area contributed by atoms with Crippen LogP contribution < -0.4 is 20.2 Å². The first kappa shape index (κ1) is 22.2. The third-order valence-corrected chi connectivity index (χ3v) is 4.70. The van der Waals surface area contributed by atoms with Crippen molar-refractivity contribution in [3.8, 4) is 11.5 Å². The Morgan fingerprint density at radius 1 is 0.941 bits per heavy atom. The molecule has 1 aliphatic rings. The zero-order chi connectivity index (χ0) is 23.9. The second-order valence-electron chi connectivity index (χ2n) is 7.04. The van der Waals surface area contributed by atoms with Gasteiger partial charge in [-0.25, -0.2) is 5.43 Å². The molecule has 2 amide bonds. The lowest BCUT2D eigenvalue weighted by atomic mass is 10.1. The van der Waals surface area contributed by atoms with Crippen LogP contribution in [0.5, 0.6) is 11.5 Å². The quantitative estimate of drug-likeness (QED) is 0.242. The fourth-order valence-electron chi connectivity index (χ4n) is 3.06. The fraction of sp³-hybridized carbons (Fsp3) is 0.0417. The monoisotopic (exact) mass is 458 g/mol. The molecule has 10 heteroatoms. The van der Waals surface area contributed by atoms with E-state index in [0.717, 1.165) is 0 Å². The molecule has 0 saturated heterocycles. The van der Waals surface area contributed by atoms with Gasteiger partial charge in [-0.2, -0.15) is 5.10 Å². The molecule has 4 rings (SSSR count). The van der Waals surface area contributed by atoms with Crippen LogP contribution in [-0.2, 0) is 4.79 Å². The van der Waals surface area contributed by atoms with Crippen molar-refractivity contribution in [1.29, 1.82) is 0 Å². The van der Waals surface area contributed by atoms with E-state index in [4.69, 9.17) is 9.47 Å². The largest absolute Gasteiger partial charge is 0.454 e. The zero-order valence-electron chi connectivity index (χ0n) is 17.6. The van der Waals surface area contributed by atoms with E-state index < -0.39 is 16.7 Å². The van der Waals surface area contributed by atoms with Gasteiger partial charge in [0.15, 0.2) is 11.5 Å². The third kappa shape index (κ3) is 5.43. The molecule has 0 spiro atoms. The molecule has 0 bridgehead atoms. The van der Waals surface area contributed by atoms with Crippen molar-refractivity contribution in [3.63, 3.8) is 0 Å². The highest BCUT2D eigenvalue weighted by atomic mass is 16.7. The van der Waals surface area contributed by atoms with Gasteiger partial charge >= 0.3 is 0 Å². The minimum absolute atomic E-state index is 0.0658. The number of rotatable bonds is 7. The number of nitro benzene ring substituents is 1. The average Bonchev–Trinajstić information content (AvgIpc) is 3.32. The first-order valence-corrected chi connectivity index (χ1v) is 10.1. The molecular weight excluding hydrogens is 440 g/mol. The van der Waals surface area contributed by atoms with E-state index in [1.165, 1.54) is 30.5 Å². The van der Waals surface area contributed by atoms with Gasteiger partial charge in [-0.1, -0.05) is 36.4 Å². The molecule has 0 aliphatic carbocycles. The summed E-state index contributed by atoms with van der Waals surface area (Å²) in [6.45, 7) is 0.104. The molecule has 1 aliphatic heterocycles. The second-order valence-corrected chi connectivity index (χ2v) is 7.04. The lowest BCUT2D eigenvalue weighted by Crippen LogP contribution is -2.32. The van der Waals surface area contributed by atoms with Gasteiger partial charge in [-0.15, -0.1) is 0 Å². The number of non-ortho nitro benzene ring substituents is 1. The number of carbonyl (C=O) groups is 2.